The highest BCUT2D eigenvalue weighted by molar-refractivity contribution is 5.85. The maximum atomic E-state index is 12.2. The van der Waals surface area contributed by atoms with Gasteiger partial charge in [0, 0.05) is 19.5 Å². The maximum Gasteiger partial charge on any atom is 0.220 e. The summed E-state index contributed by atoms with van der Waals surface area (Å²) in [5.74, 6) is 1.33. The number of carbonyl (C=O) groups is 1. The Bertz CT molecular complexity index is 505. The third kappa shape index (κ3) is 8.91. The van der Waals surface area contributed by atoms with Crippen LogP contribution in [-0.4, -0.2) is 38.0 Å². The fourth-order valence-electron chi connectivity index (χ4n) is 3.35. The Kier molecular flexibility index (Phi) is 12.1. The van der Waals surface area contributed by atoms with Gasteiger partial charge in [-0.05, 0) is 63.0 Å². The first-order chi connectivity index (χ1) is 11.0. The Morgan fingerprint density at radius 2 is 1.88 bits per heavy atom. The van der Waals surface area contributed by atoms with E-state index in [-0.39, 0.29) is 30.7 Å². The standard InChI is InChI=1S/C19H31N3O.2ClH/c1-15(18-7-9-20-10-8-18)11-19(23)21-13-16-5-4-6-17(12-16)14-22(2)3;;/h4-6,12,15,18,20H,7-11,13-14H2,1-3H3,(H,21,23);2*1H. The molecule has 1 saturated heterocycles. The summed E-state index contributed by atoms with van der Waals surface area (Å²) in [6.07, 6.45) is 3.03. The topological polar surface area (TPSA) is 44.4 Å². The summed E-state index contributed by atoms with van der Waals surface area (Å²) in [5.41, 5.74) is 2.46. The van der Waals surface area contributed by atoms with Crippen LogP contribution in [0.3, 0.4) is 0 Å². The molecular weight excluding hydrogens is 357 g/mol. The summed E-state index contributed by atoms with van der Waals surface area (Å²) in [6.45, 7) is 5.95. The third-order valence-corrected chi connectivity index (χ3v) is 4.68. The molecule has 1 aromatic carbocycles. The van der Waals surface area contributed by atoms with Crippen LogP contribution in [0.15, 0.2) is 24.3 Å². The molecule has 1 amide bonds. The normalized spacial score (nSPS) is 15.8. The molecule has 6 heteroatoms. The van der Waals surface area contributed by atoms with E-state index < -0.39 is 0 Å². The Hall–Kier alpha value is -0.810. The van der Waals surface area contributed by atoms with E-state index in [2.05, 4.69) is 60.8 Å². The van der Waals surface area contributed by atoms with Crippen molar-refractivity contribution in [3.63, 3.8) is 0 Å². The van der Waals surface area contributed by atoms with Gasteiger partial charge in [0.2, 0.25) is 5.91 Å². The monoisotopic (exact) mass is 389 g/mol. The number of hydrogen-bond donors (Lipinski definition) is 2. The lowest BCUT2D eigenvalue weighted by Gasteiger charge is -2.27. The lowest BCUT2D eigenvalue weighted by molar-refractivity contribution is -0.122. The summed E-state index contributed by atoms with van der Waals surface area (Å²) in [6, 6.07) is 8.45. The molecule has 1 aliphatic heterocycles. The number of halogens is 2. The van der Waals surface area contributed by atoms with E-state index in [0.29, 0.717) is 24.8 Å². The second-order valence-corrected chi connectivity index (χ2v) is 7.10. The van der Waals surface area contributed by atoms with Crippen LogP contribution in [0, 0.1) is 11.8 Å². The van der Waals surface area contributed by atoms with Crippen LogP contribution in [-0.2, 0) is 17.9 Å². The van der Waals surface area contributed by atoms with Crippen molar-refractivity contribution < 1.29 is 4.79 Å². The molecular formula is C19H33Cl2N3O. The van der Waals surface area contributed by atoms with Crippen molar-refractivity contribution in [2.24, 2.45) is 11.8 Å². The smallest absolute Gasteiger partial charge is 0.220 e. The Morgan fingerprint density at radius 1 is 1.24 bits per heavy atom. The number of nitrogens with zero attached hydrogens (tertiary/aromatic N) is 1. The van der Waals surface area contributed by atoms with E-state index in [0.717, 1.165) is 19.6 Å². The Labute approximate surface area is 164 Å². The Morgan fingerprint density at radius 3 is 2.52 bits per heavy atom. The van der Waals surface area contributed by atoms with Gasteiger partial charge in [-0.2, -0.15) is 0 Å². The second-order valence-electron chi connectivity index (χ2n) is 7.10. The van der Waals surface area contributed by atoms with Crippen molar-refractivity contribution in [2.75, 3.05) is 27.2 Å². The van der Waals surface area contributed by atoms with Crippen LogP contribution < -0.4 is 10.6 Å². The van der Waals surface area contributed by atoms with Crippen LogP contribution in [0.2, 0.25) is 0 Å². The molecule has 1 fully saturated rings. The zero-order valence-corrected chi connectivity index (χ0v) is 17.2. The van der Waals surface area contributed by atoms with E-state index in [1.807, 2.05) is 0 Å². The van der Waals surface area contributed by atoms with Crippen molar-refractivity contribution in [1.29, 1.82) is 0 Å². The van der Waals surface area contributed by atoms with E-state index in [4.69, 9.17) is 0 Å². The lowest BCUT2D eigenvalue weighted by atomic mass is 9.84. The highest BCUT2D eigenvalue weighted by atomic mass is 35.5. The number of amides is 1. The van der Waals surface area contributed by atoms with Gasteiger partial charge < -0.3 is 15.5 Å². The molecule has 2 N–H and O–H groups in total. The summed E-state index contributed by atoms with van der Waals surface area (Å²) in [5, 5.41) is 6.47. The zero-order valence-electron chi connectivity index (χ0n) is 15.6. The van der Waals surface area contributed by atoms with Gasteiger partial charge in [0.15, 0.2) is 0 Å². The molecule has 1 aliphatic rings. The first kappa shape index (κ1) is 24.2. The number of nitrogens with one attached hydrogen (secondary N) is 2. The van der Waals surface area contributed by atoms with E-state index in [1.54, 1.807) is 0 Å². The molecule has 0 saturated carbocycles. The van der Waals surface area contributed by atoms with Gasteiger partial charge in [-0.15, -0.1) is 24.8 Å². The molecule has 144 valence electrons. The third-order valence-electron chi connectivity index (χ3n) is 4.68. The molecule has 4 nitrogen and oxygen atoms in total. The van der Waals surface area contributed by atoms with Crippen molar-refractivity contribution in [1.82, 2.24) is 15.5 Å². The average Bonchev–Trinajstić information content (AvgIpc) is 2.53. The molecule has 0 spiro atoms. The highest BCUT2D eigenvalue weighted by Crippen LogP contribution is 2.24. The minimum absolute atomic E-state index is 0. The number of piperidine rings is 1. The van der Waals surface area contributed by atoms with Gasteiger partial charge >= 0.3 is 0 Å². The molecule has 0 aromatic heterocycles. The highest BCUT2D eigenvalue weighted by Gasteiger charge is 2.21. The molecule has 0 aliphatic carbocycles. The van der Waals surface area contributed by atoms with Crippen LogP contribution in [0.1, 0.15) is 37.3 Å². The molecule has 1 aromatic rings. The molecule has 25 heavy (non-hydrogen) atoms. The van der Waals surface area contributed by atoms with Gasteiger partial charge in [-0.3, -0.25) is 4.79 Å². The first-order valence-electron chi connectivity index (χ1n) is 8.74. The second kappa shape index (κ2) is 12.5. The number of carbonyl (C=O) groups excluding carboxylic acids is 1. The van der Waals surface area contributed by atoms with Gasteiger partial charge in [0.25, 0.3) is 0 Å². The van der Waals surface area contributed by atoms with Gasteiger partial charge in [-0.1, -0.05) is 31.2 Å². The van der Waals surface area contributed by atoms with Crippen LogP contribution in [0.5, 0.6) is 0 Å². The number of rotatable bonds is 7. The summed E-state index contributed by atoms with van der Waals surface area (Å²) >= 11 is 0. The molecule has 0 radical (unpaired) electrons. The Balaban J connectivity index is 0.00000288. The van der Waals surface area contributed by atoms with Crippen molar-refractivity contribution in [3.8, 4) is 0 Å². The van der Waals surface area contributed by atoms with Gasteiger partial charge in [0.05, 0.1) is 0 Å². The van der Waals surface area contributed by atoms with E-state index in [9.17, 15) is 4.79 Å². The number of benzene rings is 1. The zero-order chi connectivity index (χ0) is 16.7. The maximum absolute atomic E-state index is 12.2. The summed E-state index contributed by atoms with van der Waals surface area (Å²) < 4.78 is 0. The van der Waals surface area contributed by atoms with Gasteiger partial charge in [-0.25, -0.2) is 0 Å². The fourth-order valence-corrected chi connectivity index (χ4v) is 3.35. The van der Waals surface area contributed by atoms with Crippen LogP contribution in [0.25, 0.3) is 0 Å². The predicted molar refractivity (Wildman–Crippen MR) is 110 cm³/mol. The largest absolute Gasteiger partial charge is 0.352 e. The molecule has 1 unspecified atom stereocenters. The van der Waals surface area contributed by atoms with Crippen molar-refractivity contribution in [3.05, 3.63) is 35.4 Å². The van der Waals surface area contributed by atoms with E-state index >= 15 is 0 Å². The molecule has 1 heterocycles. The van der Waals surface area contributed by atoms with Gasteiger partial charge in [0.1, 0.15) is 0 Å². The van der Waals surface area contributed by atoms with E-state index in [1.165, 1.54) is 24.0 Å². The minimum atomic E-state index is 0. The minimum Gasteiger partial charge on any atom is -0.352 e. The average molecular weight is 390 g/mol. The molecule has 1 atom stereocenters. The SMILES string of the molecule is CC(CC(=O)NCc1cccc(CN(C)C)c1)C1CCNCC1.Cl.Cl. The quantitative estimate of drug-likeness (QED) is 0.751. The number of hydrogen-bond acceptors (Lipinski definition) is 3. The van der Waals surface area contributed by atoms with Crippen molar-refractivity contribution >= 4 is 30.7 Å². The van der Waals surface area contributed by atoms with Crippen LogP contribution in [0.4, 0.5) is 0 Å². The van der Waals surface area contributed by atoms with Crippen LogP contribution >= 0.6 is 24.8 Å². The first-order valence-corrected chi connectivity index (χ1v) is 8.74. The predicted octanol–water partition coefficient (Wildman–Crippen LogP) is 3.23. The lowest BCUT2D eigenvalue weighted by Crippen LogP contribution is -2.33. The van der Waals surface area contributed by atoms with Crippen molar-refractivity contribution in [2.45, 2.75) is 39.3 Å². The molecule has 2 rings (SSSR count). The summed E-state index contributed by atoms with van der Waals surface area (Å²) in [7, 11) is 4.13. The fraction of sp³-hybridized carbons (Fsp3) is 0.632. The molecule has 0 bridgehead atoms. The summed E-state index contributed by atoms with van der Waals surface area (Å²) in [4.78, 5) is 14.3.